The predicted molar refractivity (Wildman–Crippen MR) is 102 cm³/mol. The number of fused-ring (bicyclic) bond motifs is 1. The number of ketones is 1. The lowest BCUT2D eigenvalue weighted by molar-refractivity contribution is -0.117. The van der Waals surface area contributed by atoms with E-state index in [1.165, 1.54) is 11.5 Å². The second-order valence-corrected chi connectivity index (χ2v) is 8.92. The Balaban J connectivity index is 1.68. The van der Waals surface area contributed by atoms with Crippen LogP contribution < -0.4 is 11.2 Å². The average molecular weight is 386 g/mol. The molecule has 28 heavy (non-hydrogen) atoms. The Hall–Kier alpha value is -2.22. The number of rotatable bonds is 5. The van der Waals surface area contributed by atoms with Crippen molar-refractivity contribution in [2.24, 2.45) is 23.7 Å². The van der Waals surface area contributed by atoms with Crippen LogP contribution in [0.25, 0.3) is 11.2 Å². The van der Waals surface area contributed by atoms with E-state index in [0.29, 0.717) is 42.2 Å². The fourth-order valence-corrected chi connectivity index (χ4v) is 6.24. The number of aromatic amines is 1. The highest BCUT2D eigenvalue weighted by Crippen LogP contribution is 2.63. The van der Waals surface area contributed by atoms with Gasteiger partial charge in [-0.15, -0.1) is 0 Å². The second kappa shape index (κ2) is 6.14. The van der Waals surface area contributed by atoms with Crippen LogP contribution in [0.3, 0.4) is 0 Å². The summed E-state index contributed by atoms with van der Waals surface area (Å²) < 4.78 is 2.50. The van der Waals surface area contributed by atoms with Gasteiger partial charge in [0.15, 0.2) is 5.65 Å². The van der Waals surface area contributed by atoms with Gasteiger partial charge in [0.1, 0.15) is 17.1 Å². The van der Waals surface area contributed by atoms with Crippen LogP contribution in [-0.4, -0.2) is 36.1 Å². The molecule has 6 atom stereocenters. The van der Waals surface area contributed by atoms with Crippen LogP contribution in [0, 0.1) is 23.7 Å². The van der Waals surface area contributed by atoms with Gasteiger partial charge in [0.2, 0.25) is 0 Å². The van der Waals surface area contributed by atoms with Crippen LogP contribution in [-0.2, 0) is 17.9 Å². The Labute approximate surface area is 161 Å². The standard InChI is InChI=1S/C20H26N4O4/c1-3-4-23-18-15(19(27)24(20(23)28)8-9(2)25)21-17(22-18)14-12-7-11-5-10(12)6-13(14)16(11)26/h10-14,16,26H,3-8H2,1-2H3,(H,21,22). The van der Waals surface area contributed by atoms with E-state index in [9.17, 15) is 19.5 Å². The summed E-state index contributed by atoms with van der Waals surface area (Å²) in [6.07, 6.45) is 3.53. The second-order valence-electron chi connectivity index (χ2n) is 8.92. The van der Waals surface area contributed by atoms with Gasteiger partial charge < -0.3 is 10.1 Å². The molecule has 6 rings (SSSR count). The zero-order chi connectivity index (χ0) is 19.7. The molecule has 0 spiro atoms. The number of H-pyrrole nitrogens is 1. The molecule has 0 amide bonds. The smallest absolute Gasteiger partial charge is 0.333 e. The first-order valence-corrected chi connectivity index (χ1v) is 10.3. The molecule has 4 bridgehead atoms. The maximum absolute atomic E-state index is 12.9. The number of hydrogen-bond acceptors (Lipinski definition) is 5. The normalized spacial score (nSPS) is 33.2. The quantitative estimate of drug-likeness (QED) is 0.797. The number of aromatic nitrogens is 4. The number of carbonyl (C=O) groups is 1. The van der Waals surface area contributed by atoms with E-state index in [2.05, 4.69) is 4.98 Å². The first-order valence-electron chi connectivity index (χ1n) is 10.3. The van der Waals surface area contributed by atoms with Gasteiger partial charge in [-0.05, 0) is 56.3 Å². The molecule has 0 aromatic carbocycles. The van der Waals surface area contributed by atoms with Gasteiger partial charge in [0.25, 0.3) is 5.56 Å². The third-order valence-electron chi connectivity index (χ3n) is 7.23. The topological polar surface area (TPSA) is 110 Å². The zero-order valence-corrected chi connectivity index (χ0v) is 16.2. The Kier molecular flexibility index (Phi) is 3.91. The molecule has 6 unspecified atom stereocenters. The average Bonchev–Trinajstić information content (AvgIpc) is 3.29. The first kappa shape index (κ1) is 17.8. The van der Waals surface area contributed by atoms with E-state index in [0.717, 1.165) is 23.8 Å². The third kappa shape index (κ3) is 2.33. The maximum atomic E-state index is 12.9. The van der Waals surface area contributed by atoms with E-state index in [-0.39, 0.29) is 35.8 Å². The van der Waals surface area contributed by atoms with Crippen molar-refractivity contribution in [3.63, 3.8) is 0 Å². The van der Waals surface area contributed by atoms with Gasteiger partial charge in [-0.3, -0.25) is 18.7 Å². The first-order chi connectivity index (χ1) is 13.4. The van der Waals surface area contributed by atoms with Gasteiger partial charge >= 0.3 is 5.69 Å². The summed E-state index contributed by atoms with van der Waals surface area (Å²) in [6.45, 7) is 3.52. The van der Waals surface area contributed by atoms with Gasteiger partial charge in [-0.25, -0.2) is 9.78 Å². The molecular weight excluding hydrogens is 360 g/mol. The van der Waals surface area contributed by atoms with Crippen molar-refractivity contribution in [2.75, 3.05) is 0 Å². The summed E-state index contributed by atoms with van der Waals surface area (Å²) >= 11 is 0. The van der Waals surface area contributed by atoms with E-state index >= 15 is 0 Å². The monoisotopic (exact) mass is 386 g/mol. The molecule has 4 aliphatic carbocycles. The Morgan fingerprint density at radius 1 is 1.18 bits per heavy atom. The van der Waals surface area contributed by atoms with E-state index in [1.807, 2.05) is 6.92 Å². The highest BCUT2D eigenvalue weighted by molar-refractivity contribution is 5.76. The summed E-state index contributed by atoms with van der Waals surface area (Å²) in [4.78, 5) is 45.3. The molecule has 8 heteroatoms. The number of aliphatic hydroxyl groups excluding tert-OH is 1. The van der Waals surface area contributed by atoms with Crippen molar-refractivity contribution >= 4 is 16.9 Å². The molecule has 4 fully saturated rings. The molecule has 2 heterocycles. The van der Waals surface area contributed by atoms with Crippen LogP contribution in [0.5, 0.6) is 0 Å². The molecule has 2 aromatic rings. The highest BCUT2D eigenvalue weighted by Gasteiger charge is 2.59. The van der Waals surface area contributed by atoms with Gasteiger partial charge in [-0.2, -0.15) is 0 Å². The van der Waals surface area contributed by atoms with Crippen LogP contribution in [0.2, 0.25) is 0 Å². The van der Waals surface area contributed by atoms with Crippen molar-refractivity contribution in [1.82, 2.24) is 19.1 Å². The lowest BCUT2D eigenvalue weighted by Gasteiger charge is -2.36. The van der Waals surface area contributed by atoms with Crippen LogP contribution in [0.4, 0.5) is 0 Å². The molecule has 2 N–H and O–H groups in total. The number of Topliss-reactive ketones (excluding diaryl/α,β-unsaturated/α-hetero) is 1. The molecule has 4 aliphatic rings. The maximum Gasteiger partial charge on any atom is 0.333 e. The number of imidazole rings is 1. The fourth-order valence-electron chi connectivity index (χ4n) is 6.24. The summed E-state index contributed by atoms with van der Waals surface area (Å²) in [6, 6.07) is 0. The molecular formula is C20H26N4O4. The largest absolute Gasteiger partial charge is 0.393 e. The number of nitrogens with one attached hydrogen (secondary N) is 1. The number of nitrogens with zero attached hydrogens (tertiary/aromatic N) is 3. The molecule has 8 nitrogen and oxygen atoms in total. The molecule has 150 valence electrons. The third-order valence-corrected chi connectivity index (χ3v) is 7.23. The lowest BCUT2D eigenvalue weighted by Crippen LogP contribution is -2.41. The molecule has 0 aliphatic heterocycles. The minimum absolute atomic E-state index is 0.108. The molecule has 2 aromatic heterocycles. The SMILES string of the molecule is CCCn1c(=O)n(CC(C)=O)c(=O)c2[nH]c(C3C4CC5CC4CC3C5O)nc21. The number of aliphatic hydroxyl groups is 1. The fraction of sp³-hybridized carbons (Fsp3) is 0.700. The highest BCUT2D eigenvalue weighted by atomic mass is 16.3. The number of hydrogen-bond donors (Lipinski definition) is 2. The summed E-state index contributed by atoms with van der Waals surface area (Å²) in [5.41, 5.74) is -0.314. The van der Waals surface area contributed by atoms with Gasteiger partial charge in [0, 0.05) is 12.5 Å². The number of carbonyl (C=O) groups excluding carboxylic acids is 1. The van der Waals surface area contributed by atoms with E-state index < -0.39 is 11.2 Å². The van der Waals surface area contributed by atoms with Crippen molar-refractivity contribution in [3.8, 4) is 0 Å². The van der Waals surface area contributed by atoms with E-state index in [4.69, 9.17) is 4.98 Å². The van der Waals surface area contributed by atoms with Crippen molar-refractivity contribution in [2.45, 2.75) is 64.6 Å². The Morgan fingerprint density at radius 3 is 2.64 bits per heavy atom. The number of aryl methyl sites for hydroxylation is 1. The zero-order valence-electron chi connectivity index (χ0n) is 16.2. The molecule has 0 saturated heterocycles. The van der Waals surface area contributed by atoms with E-state index in [1.54, 1.807) is 0 Å². The minimum atomic E-state index is -0.491. The van der Waals surface area contributed by atoms with Crippen molar-refractivity contribution < 1.29 is 9.90 Å². The minimum Gasteiger partial charge on any atom is -0.393 e. The Bertz CT molecular complexity index is 1080. The van der Waals surface area contributed by atoms with Crippen LogP contribution in [0.1, 0.15) is 51.3 Å². The summed E-state index contributed by atoms with van der Waals surface area (Å²) in [7, 11) is 0. The molecule has 0 radical (unpaired) electrons. The van der Waals surface area contributed by atoms with Crippen LogP contribution in [0.15, 0.2) is 9.59 Å². The lowest BCUT2D eigenvalue weighted by atomic mass is 9.73. The van der Waals surface area contributed by atoms with Crippen molar-refractivity contribution in [1.29, 1.82) is 0 Å². The van der Waals surface area contributed by atoms with Gasteiger partial charge in [-0.1, -0.05) is 6.92 Å². The Morgan fingerprint density at radius 2 is 1.93 bits per heavy atom. The van der Waals surface area contributed by atoms with Crippen molar-refractivity contribution in [3.05, 3.63) is 26.7 Å². The van der Waals surface area contributed by atoms with Crippen LogP contribution >= 0.6 is 0 Å². The summed E-state index contributed by atoms with van der Waals surface area (Å²) in [5.74, 6) is 2.28. The summed E-state index contributed by atoms with van der Waals surface area (Å²) in [5, 5.41) is 10.7. The molecule has 4 saturated carbocycles. The predicted octanol–water partition coefficient (Wildman–Crippen LogP) is 1.01. The van der Waals surface area contributed by atoms with Gasteiger partial charge in [0.05, 0.1) is 12.6 Å².